The zero-order chi connectivity index (χ0) is 22.3. The molecule has 2 unspecified atom stereocenters. The lowest BCUT2D eigenvalue weighted by Crippen LogP contribution is -2.29. The van der Waals surface area contributed by atoms with Gasteiger partial charge in [-0.3, -0.25) is 0 Å². The minimum Gasteiger partial charge on any atom is -0.456 e. The van der Waals surface area contributed by atoms with Gasteiger partial charge in [-0.2, -0.15) is 0 Å². The fraction of sp³-hybridized carbons (Fsp3) is 0.200. The fourth-order valence-electron chi connectivity index (χ4n) is 5.92. The summed E-state index contributed by atoms with van der Waals surface area (Å²) in [4.78, 5) is 2.54. The molecule has 3 heterocycles. The molecule has 3 nitrogen and oxygen atoms in total. The molecular weight excluding hydrogens is 404 g/mol. The Morgan fingerprint density at radius 1 is 0.758 bits per heavy atom. The van der Waals surface area contributed by atoms with Crippen molar-refractivity contribution < 1.29 is 4.42 Å². The molecule has 5 aromatic rings. The van der Waals surface area contributed by atoms with Crippen molar-refractivity contribution >= 4 is 39.0 Å². The number of anilines is 3. The summed E-state index contributed by atoms with van der Waals surface area (Å²) in [6.07, 6.45) is -0.0310. The summed E-state index contributed by atoms with van der Waals surface area (Å²) >= 11 is 0. The van der Waals surface area contributed by atoms with Gasteiger partial charge in [0.2, 0.25) is 0 Å². The monoisotopic (exact) mass is 430 g/mol. The minimum atomic E-state index is -0.0310. The first-order valence-corrected chi connectivity index (χ1v) is 11.8. The van der Waals surface area contributed by atoms with Crippen LogP contribution in [0.25, 0.3) is 21.9 Å². The van der Waals surface area contributed by atoms with Gasteiger partial charge in [0, 0.05) is 22.3 Å². The van der Waals surface area contributed by atoms with Crippen LogP contribution in [0.3, 0.4) is 0 Å². The van der Waals surface area contributed by atoms with Crippen LogP contribution in [0.2, 0.25) is 0 Å². The Balaban J connectivity index is 1.53. The maximum atomic E-state index is 6.46. The molecule has 0 spiro atoms. The van der Waals surface area contributed by atoms with Gasteiger partial charge in [0.05, 0.1) is 17.1 Å². The molecular formula is C30H26N2O. The molecule has 7 rings (SSSR count). The predicted octanol–water partition coefficient (Wildman–Crippen LogP) is 8.44. The van der Waals surface area contributed by atoms with Gasteiger partial charge in [-0.05, 0) is 34.7 Å². The van der Waals surface area contributed by atoms with Crippen LogP contribution in [-0.2, 0) is 0 Å². The summed E-state index contributed by atoms with van der Waals surface area (Å²) in [6, 6.07) is 28.4. The molecule has 1 N–H and O–H groups in total. The van der Waals surface area contributed by atoms with E-state index in [4.69, 9.17) is 4.42 Å². The third-order valence-electron chi connectivity index (χ3n) is 7.48. The number of nitrogens with zero attached hydrogens (tertiary/aromatic N) is 1. The molecule has 3 heteroatoms. The lowest BCUT2D eigenvalue weighted by molar-refractivity contribution is 0.654. The Hall–Kier alpha value is -3.72. The highest BCUT2D eigenvalue weighted by molar-refractivity contribution is 6.06. The number of hydrogen-bond donors (Lipinski definition) is 1. The maximum absolute atomic E-state index is 6.46. The summed E-state index contributed by atoms with van der Waals surface area (Å²) in [6.45, 7) is 6.92. The molecule has 0 radical (unpaired) electrons. The van der Waals surface area contributed by atoms with Crippen LogP contribution in [0.15, 0.2) is 83.3 Å². The smallest absolute Gasteiger partial charge is 0.142 e. The van der Waals surface area contributed by atoms with Crippen LogP contribution in [-0.4, -0.2) is 0 Å². The van der Waals surface area contributed by atoms with Gasteiger partial charge >= 0.3 is 0 Å². The Bertz CT molecular complexity index is 1560. The minimum absolute atomic E-state index is 0.0310. The average molecular weight is 431 g/mol. The van der Waals surface area contributed by atoms with Gasteiger partial charge in [0.1, 0.15) is 17.3 Å². The van der Waals surface area contributed by atoms with Gasteiger partial charge in [-0.15, -0.1) is 0 Å². The first-order chi connectivity index (χ1) is 16.1. The lowest BCUT2D eigenvalue weighted by Gasteiger charge is -2.38. The zero-order valence-electron chi connectivity index (χ0n) is 19.1. The summed E-state index contributed by atoms with van der Waals surface area (Å²) in [7, 11) is 0. The number of fused-ring (bicyclic) bond motifs is 5. The fourth-order valence-corrected chi connectivity index (χ4v) is 5.92. The van der Waals surface area contributed by atoms with Crippen molar-refractivity contribution in [1.82, 2.24) is 0 Å². The molecule has 2 atom stereocenters. The van der Waals surface area contributed by atoms with Gasteiger partial charge < -0.3 is 14.6 Å². The van der Waals surface area contributed by atoms with E-state index in [0.717, 1.165) is 11.2 Å². The Morgan fingerprint density at radius 3 is 2.30 bits per heavy atom. The molecule has 33 heavy (non-hydrogen) atoms. The third-order valence-corrected chi connectivity index (χ3v) is 7.48. The number of benzene rings is 4. The Kier molecular flexibility index (Phi) is 3.79. The highest BCUT2D eigenvalue weighted by Crippen LogP contribution is 2.58. The first kappa shape index (κ1) is 18.8. The Labute approximate surface area is 193 Å². The molecule has 4 aromatic carbocycles. The van der Waals surface area contributed by atoms with Crippen LogP contribution >= 0.6 is 0 Å². The van der Waals surface area contributed by atoms with E-state index >= 15 is 0 Å². The van der Waals surface area contributed by atoms with Crippen LogP contribution in [0.4, 0.5) is 17.1 Å². The number of rotatable bonds is 2. The van der Waals surface area contributed by atoms with Gasteiger partial charge in [0.15, 0.2) is 0 Å². The number of hydrogen-bond acceptors (Lipinski definition) is 3. The molecule has 0 saturated carbocycles. The molecule has 0 bridgehead atoms. The molecule has 0 fully saturated rings. The number of para-hydroxylation sites is 4. The summed E-state index contributed by atoms with van der Waals surface area (Å²) in [5.74, 6) is 0.788. The van der Waals surface area contributed by atoms with Crippen LogP contribution < -0.4 is 10.2 Å². The number of furan rings is 1. The Morgan fingerprint density at radius 2 is 1.45 bits per heavy atom. The van der Waals surface area contributed by atoms with E-state index in [1.54, 1.807) is 0 Å². The molecule has 1 aromatic heterocycles. The van der Waals surface area contributed by atoms with E-state index < -0.39 is 0 Å². The van der Waals surface area contributed by atoms with E-state index in [2.05, 4.69) is 104 Å². The van der Waals surface area contributed by atoms with Crippen molar-refractivity contribution in [3.8, 4) is 0 Å². The summed E-state index contributed by atoms with van der Waals surface area (Å²) in [5.41, 5.74) is 11.1. The summed E-state index contributed by atoms with van der Waals surface area (Å²) < 4.78 is 6.46. The normalized spacial score (nSPS) is 18.6. The standard InChI is InChI=1S/C30H26N2O/c1-17(2)19-10-6-11-20-18(3)21-12-8-15-25-28(21)32(27(19)20)30(31-25)24-14-7-13-23-22-9-4-5-16-26(22)33-29(23)24/h4-18,30-31H,1-3H3. The lowest BCUT2D eigenvalue weighted by atomic mass is 9.82. The van der Waals surface area contributed by atoms with Crippen molar-refractivity contribution in [2.75, 3.05) is 10.2 Å². The second kappa shape index (κ2) is 6.64. The second-order valence-corrected chi connectivity index (χ2v) is 9.64. The van der Waals surface area contributed by atoms with Crippen molar-refractivity contribution in [2.45, 2.75) is 38.8 Å². The van der Waals surface area contributed by atoms with Crippen molar-refractivity contribution in [2.24, 2.45) is 0 Å². The topological polar surface area (TPSA) is 28.4 Å². The molecule has 0 aliphatic carbocycles. The number of nitrogens with one attached hydrogen (secondary N) is 1. The van der Waals surface area contributed by atoms with Crippen LogP contribution in [0.5, 0.6) is 0 Å². The predicted molar refractivity (Wildman–Crippen MR) is 137 cm³/mol. The first-order valence-electron chi connectivity index (χ1n) is 11.8. The van der Waals surface area contributed by atoms with Crippen molar-refractivity contribution in [1.29, 1.82) is 0 Å². The molecule has 0 saturated heterocycles. The van der Waals surface area contributed by atoms with E-state index in [0.29, 0.717) is 11.8 Å². The SMILES string of the molecule is CC(C)c1cccc2c1N1c3c(cccc3C2C)NC1c1cccc2c1oc1ccccc12. The largest absolute Gasteiger partial charge is 0.456 e. The van der Waals surface area contributed by atoms with E-state index in [1.165, 1.54) is 50.1 Å². The molecule has 0 amide bonds. The van der Waals surface area contributed by atoms with Gasteiger partial charge in [-0.25, -0.2) is 0 Å². The summed E-state index contributed by atoms with van der Waals surface area (Å²) in [5, 5.41) is 6.20. The van der Waals surface area contributed by atoms with E-state index in [-0.39, 0.29) is 6.17 Å². The highest BCUT2D eigenvalue weighted by Gasteiger charge is 2.41. The zero-order valence-corrected chi connectivity index (χ0v) is 19.1. The van der Waals surface area contributed by atoms with Gasteiger partial charge in [-0.1, -0.05) is 87.5 Å². The van der Waals surface area contributed by atoms with Crippen LogP contribution in [0, 0.1) is 0 Å². The molecule has 162 valence electrons. The second-order valence-electron chi connectivity index (χ2n) is 9.64. The maximum Gasteiger partial charge on any atom is 0.142 e. The van der Waals surface area contributed by atoms with Crippen LogP contribution in [0.1, 0.15) is 61.0 Å². The van der Waals surface area contributed by atoms with E-state index in [1.807, 2.05) is 6.07 Å². The average Bonchev–Trinajstić information content (AvgIpc) is 3.41. The van der Waals surface area contributed by atoms with Crippen molar-refractivity contribution in [3.63, 3.8) is 0 Å². The van der Waals surface area contributed by atoms with E-state index in [9.17, 15) is 0 Å². The van der Waals surface area contributed by atoms with Gasteiger partial charge in [0.25, 0.3) is 0 Å². The molecule has 2 aliphatic heterocycles. The quantitative estimate of drug-likeness (QED) is 0.304. The van der Waals surface area contributed by atoms with Crippen molar-refractivity contribution in [3.05, 3.63) is 101 Å². The highest BCUT2D eigenvalue weighted by atomic mass is 16.3. The molecule has 2 aliphatic rings. The third kappa shape index (κ3) is 2.45.